The summed E-state index contributed by atoms with van der Waals surface area (Å²) in [6.45, 7) is 0. The van der Waals surface area contributed by atoms with Crippen LogP contribution in [0.1, 0.15) is 31.8 Å². The highest BCUT2D eigenvalue weighted by Crippen LogP contribution is 2.15. The van der Waals surface area contributed by atoms with Crippen LogP contribution in [0.25, 0.3) is 12.2 Å². The molecule has 2 rings (SSSR count). The van der Waals surface area contributed by atoms with Gasteiger partial charge in [-0.1, -0.05) is 24.3 Å². The molecule has 0 aliphatic heterocycles. The molecule has 0 atom stereocenters. The number of benzene rings is 2. The van der Waals surface area contributed by atoms with Gasteiger partial charge in [-0.25, -0.2) is 0 Å². The zero-order valence-electron chi connectivity index (χ0n) is 11.1. The van der Waals surface area contributed by atoms with Gasteiger partial charge in [0.25, 0.3) is 0 Å². The number of rotatable bonds is 5. The summed E-state index contributed by atoms with van der Waals surface area (Å²) in [6.07, 6.45) is 5.25. The van der Waals surface area contributed by atoms with Crippen LogP contribution in [0.5, 0.6) is 5.75 Å². The van der Waals surface area contributed by atoms with Crippen LogP contribution in [0.4, 0.5) is 0 Å². The summed E-state index contributed by atoms with van der Waals surface area (Å²) in [6, 6.07) is 12.6. The third-order valence-electron chi connectivity index (χ3n) is 2.86. The van der Waals surface area contributed by atoms with E-state index in [1.54, 1.807) is 25.3 Å². The Morgan fingerprint density at radius 3 is 1.75 bits per heavy atom. The SMILES string of the molecule is COc1ccc(/C=C/c2cc(C=O)cc(C=O)c2)cc1. The monoisotopic (exact) mass is 266 g/mol. The van der Waals surface area contributed by atoms with E-state index in [1.165, 1.54) is 0 Å². The molecule has 0 aromatic heterocycles. The molecule has 0 amide bonds. The Kier molecular flexibility index (Phi) is 4.45. The van der Waals surface area contributed by atoms with Crippen molar-refractivity contribution in [3.63, 3.8) is 0 Å². The van der Waals surface area contributed by atoms with E-state index < -0.39 is 0 Å². The fourth-order valence-corrected chi connectivity index (χ4v) is 1.84. The lowest BCUT2D eigenvalue weighted by molar-refractivity contribution is 0.112. The van der Waals surface area contributed by atoms with Crippen molar-refractivity contribution < 1.29 is 14.3 Å². The molecule has 3 heteroatoms. The van der Waals surface area contributed by atoms with E-state index in [4.69, 9.17) is 4.74 Å². The largest absolute Gasteiger partial charge is 0.497 e. The number of hydrogen-bond acceptors (Lipinski definition) is 3. The highest BCUT2D eigenvalue weighted by Gasteiger charge is 1.98. The molecule has 0 saturated carbocycles. The first-order valence-electron chi connectivity index (χ1n) is 6.13. The molecule has 100 valence electrons. The maximum Gasteiger partial charge on any atom is 0.150 e. The van der Waals surface area contributed by atoms with Crippen LogP contribution in [-0.4, -0.2) is 19.7 Å². The zero-order valence-corrected chi connectivity index (χ0v) is 11.1. The average Bonchev–Trinajstić information content (AvgIpc) is 2.53. The minimum Gasteiger partial charge on any atom is -0.497 e. The number of carbonyl (C=O) groups excluding carboxylic acids is 2. The molecular formula is C17H14O3. The normalized spacial score (nSPS) is 10.4. The van der Waals surface area contributed by atoms with Crippen LogP contribution >= 0.6 is 0 Å². The molecule has 2 aromatic rings. The first kappa shape index (κ1) is 13.7. The summed E-state index contributed by atoms with van der Waals surface area (Å²) in [7, 11) is 1.62. The zero-order chi connectivity index (χ0) is 14.4. The topological polar surface area (TPSA) is 43.4 Å². The number of carbonyl (C=O) groups is 2. The lowest BCUT2D eigenvalue weighted by Crippen LogP contribution is -1.87. The van der Waals surface area contributed by atoms with Crippen LogP contribution in [0.15, 0.2) is 42.5 Å². The first-order valence-corrected chi connectivity index (χ1v) is 6.13. The molecule has 0 spiro atoms. The summed E-state index contributed by atoms with van der Waals surface area (Å²) in [5, 5.41) is 0. The van der Waals surface area contributed by atoms with Gasteiger partial charge < -0.3 is 4.74 Å². The number of ether oxygens (including phenoxy) is 1. The molecule has 3 nitrogen and oxygen atoms in total. The Morgan fingerprint density at radius 1 is 0.750 bits per heavy atom. The third kappa shape index (κ3) is 3.42. The molecule has 0 N–H and O–H groups in total. The molecule has 0 bridgehead atoms. The molecule has 0 heterocycles. The van der Waals surface area contributed by atoms with Crippen LogP contribution in [0.3, 0.4) is 0 Å². The summed E-state index contributed by atoms with van der Waals surface area (Å²) >= 11 is 0. The molecule has 0 fully saturated rings. The van der Waals surface area contributed by atoms with Crippen molar-refractivity contribution in [2.24, 2.45) is 0 Å². The van der Waals surface area contributed by atoms with Crippen molar-refractivity contribution in [1.82, 2.24) is 0 Å². The summed E-state index contributed by atoms with van der Waals surface area (Å²) in [5.41, 5.74) is 2.80. The van der Waals surface area contributed by atoms with Crippen LogP contribution in [0, 0.1) is 0 Å². The Labute approximate surface area is 117 Å². The van der Waals surface area contributed by atoms with Gasteiger partial charge in [0.1, 0.15) is 18.3 Å². The van der Waals surface area contributed by atoms with Gasteiger partial charge in [-0.15, -0.1) is 0 Å². The molecule has 20 heavy (non-hydrogen) atoms. The predicted molar refractivity (Wildman–Crippen MR) is 79.1 cm³/mol. The summed E-state index contributed by atoms with van der Waals surface area (Å²) in [5.74, 6) is 0.799. The van der Waals surface area contributed by atoms with Crippen molar-refractivity contribution in [2.45, 2.75) is 0 Å². The first-order chi connectivity index (χ1) is 9.75. The van der Waals surface area contributed by atoms with Gasteiger partial charge in [0.2, 0.25) is 0 Å². The van der Waals surface area contributed by atoms with Gasteiger partial charge >= 0.3 is 0 Å². The fraction of sp³-hybridized carbons (Fsp3) is 0.0588. The molecule has 0 radical (unpaired) electrons. The van der Waals surface area contributed by atoms with Crippen LogP contribution in [-0.2, 0) is 0 Å². The molecule has 0 aliphatic carbocycles. The standard InChI is InChI=1S/C17H14O3/c1-20-17-6-4-13(5-7-17)2-3-14-8-15(11-18)10-16(9-14)12-19/h2-12H,1H3/b3-2+. The van der Waals surface area contributed by atoms with Crippen LogP contribution in [0.2, 0.25) is 0 Å². The third-order valence-corrected chi connectivity index (χ3v) is 2.86. The lowest BCUT2D eigenvalue weighted by atomic mass is 10.1. The quantitative estimate of drug-likeness (QED) is 0.614. The number of hydrogen-bond donors (Lipinski definition) is 0. The molecular weight excluding hydrogens is 252 g/mol. The maximum absolute atomic E-state index is 10.8. The minimum atomic E-state index is 0.490. The fourth-order valence-electron chi connectivity index (χ4n) is 1.84. The highest BCUT2D eigenvalue weighted by molar-refractivity contribution is 5.85. The van der Waals surface area contributed by atoms with Gasteiger partial charge in [-0.05, 0) is 41.5 Å². The Morgan fingerprint density at radius 2 is 1.25 bits per heavy atom. The number of aldehydes is 2. The van der Waals surface area contributed by atoms with Crippen molar-refractivity contribution in [3.05, 3.63) is 64.7 Å². The molecule has 2 aromatic carbocycles. The lowest BCUT2D eigenvalue weighted by Gasteiger charge is -2.00. The molecule has 0 unspecified atom stereocenters. The van der Waals surface area contributed by atoms with Gasteiger partial charge in [0.05, 0.1) is 7.11 Å². The second-order valence-corrected chi connectivity index (χ2v) is 4.28. The van der Waals surface area contributed by atoms with Gasteiger partial charge in [-0.2, -0.15) is 0 Å². The van der Waals surface area contributed by atoms with E-state index in [0.717, 1.165) is 29.4 Å². The van der Waals surface area contributed by atoms with E-state index in [2.05, 4.69) is 0 Å². The van der Waals surface area contributed by atoms with Gasteiger partial charge in [0, 0.05) is 11.1 Å². The Hall–Kier alpha value is -2.68. The van der Waals surface area contributed by atoms with Gasteiger partial charge in [-0.3, -0.25) is 9.59 Å². The second-order valence-electron chi connectivity index (χ2n) is 4.28. The van der Waals surface area contributed by atoms with E-state index in [-0.39, 0.29) is 0 Å². The highest BCUT2D eigenvalue weighted by atomic mass is 16.5. The second kappa shape index (κ2) is 6.48. The van der Waals surface area contributed by atoms with Crippen LogP contribution < -0.4 is 4.74 Å². The smallest absolute Gasteiger partial charge is 0.150 e. The molecule has 0 aliphatic rings. The molecule has 0 saturated heterocycles. The van der Waals surface area contributed by atoms with Crippen molar-refractivity contribution in [2.75, 3.05) is 7.11 Å². The predicted octanol–water partition coefficient (Wildman–Crippen LogP) is 3.49. The van der Waals surface area contributed by atoms with E-state index in [1.807, 2.05) is 36.4 Å². The Balaban J connectivity index is 2.25. The van der Waals surface area contributed by atoms with Gasteiger partial charge in [0.15, 0.2) is 0 Å². The van der Waals surface area contributed by atoms with E-state index in [0.29, 0.717) is 11.1 Å². The maximum atomic E-state index is 10.8. The number of methoxy groups -OCH3 is 1. The summed E-state index contributed by atoms with van der Waals surface area (Å²) in [4.78, 5) is 21.6. The van der Waals surface area contributed by atoms with E-state index >= 15 is 0 Å². The average molecular weight is 266 g/mol. The van der Waals surface area contributed by atoms with Crippen molar-refractivity contribution in [1.29, 1.82) is 0 Å². The summed E-state index contributed by atoms with van der Waals surface area (Å²) < 4.78 is 5.09. The van der Waals surface area contributed by atoms with E-state index in [9.17, 15) is 9.59 Å². The Bertz CT molecular complexity index is 614. The van der Waals surface area contributed by atoms with Crippen molar-refractivity contribution >= 4 is 24.7 Å². The van der Waals surface area contributed by atoms with Crippen molar-refractivity contribution in [3.8, 4) is 5.75 Å². The minimum absolute atomic E-state index is 0.490.